The normalized spacial score (nSPS) is 22.7. The van der Waals surface area contributed by atoms with Crippen LogP contribution in [0.15, 0.2) is 24.5 Å². The van der Waals surface area contributed by atoms with Gasteiger partial charge in [-0.15, -0.1) is 0 Å². The Labute approximate surface area is 112 Å². The number of carbonyl (C=O) groups is 2. The molecule has 0 radical (unpaired) electrons. The molecule has 1 amide bonds. The van der Waals surface area contributed by atoms with E-state index in [0.717, 1.165) is 18.4 Å². The van der Waals surface area contributed by atoms with Crippen molar-refractivity contribution in [3.8, 4) is 0 Å². The number of pyridine rings is 1. The molecule has 0 aliphatic heterocycles. The van der Waals surface area contributed by atoms with Gasteiger partial charge >= 0.3 is 5.97 Å². The van der Waals surface area contributed by atoms with E-state index in [1.165, 1.54) is 0 Å². The zero-order chi connectivity index (χ0) is 13.7. The lowest BCUT2D eigenvalue weighted by atomic mass is 9.86. The van der Waals surface area contributed by atoms with E-state index in [1.807, 2.05) is 6.07 Å². The minimum absolute atomic E-state index is 0.0215. The molecule has 1 heterocycles. The number of aliphatic carboxylic acids is 1. The van der Waals surface area contributed by atoms with E-state index in [-0.39, 0.29) is 17.9 Å². The highest BCUT2D eigenvalue weighted by Crippen LogP contribution is 2.24. The van der Waals surface area contributed by atoms with Gasteiger partial charge in [0.2, 0.25) is 5.91 Å². The van der Waals surface area contributed by atoms with E-state index in [4.69, 9.17) is 5.11 Å². The van der Waals surface area contributed by atoms with Gasteiger partial charge in [-0.1, -0.05) is 6.07 Å². The maximum absolute atomic E-state index is 11.8. The third kappa shape index (κ3) is 4.05. The first-order valence-electron chi connectivity index (χ1n) is 6.56. The summed E-state index contributed by atoms with van der Waals surface area (Å²) in [6, 6.07) is 3.79. The Morgan fingerprint density at radius 2 is 2.05 bits per heavy atom. The topological polar surface area (TPSA) is 79.3 Å². The van der Waals surface area contributed by atoms with Crippen LogP contribution in [0.5, 0.6) is 0 Å². The molecule has 1 saturated carbocycles. The van der Waals surface area contributed by atoms with Gasteiger partial charge in [0, 0.05) is 18.4 Å². The number of hydrogen-bond acceptors (Lipinski definition) is 3. The van der Waals surface area contributed by atoms with Crippen LogP contribution in [-0.4, -0.2) is 28.0 Å². The van der Waals surface area contributed by atoms with Crippen molar-refractivity contribution in [2.45, 2.75) is 38.1 Å². The molecule has 0 saturated heterocycles. The van der Waals surface area contributed by atoms with E-state index >= 15 is 0 Å². The molecule has 5 heteroatoms. The van der Waals surface area contributed by atoms with Crippen LogP contribution in [0.4, 0.5) is 0 Å². The quantitative estimate of drug-likeness (QED) is 0.859. The van der Waals surface area contributed by atoms with Crippen molar-refractivity contribution in [1.82, 2.24) is 10.3 Å². The zero-order valence-corrected chi connectivity index (χ0v) is 10.7. The maximum atomic E-state index is 11.8. The second-order valence-electron chi connectivity index (χ2n) is 4.99. The molecule has 1 fully saturated rings. The summed E-state index contributed by atoms with van der Waals surface area (Å²) in [5.74, 6) is -0.988. The molecule has 1 aliphatic rings. The van der Waals surface area contributed by atoms with E-state index in [9.17, 15) is 9.59 Å². The predicted molar refractivity (Wildman–Crippen MR) is 69.5 cm³/mol. The Balaban J connectivity index is 1.76. The molecule has 19 heavy (non-hydrogen) atoms. The van der Waals surface area contributed by atoms with Gasteiger partial charge in [0.15, 0.2) is 0 Å². The molecule has 2 rings (SSSR count). The van der Waals surface area contributed by atoms with Crippen LogP contribution >= 0.6 is 0 Å². The van der Waals surface area contributed by atoms with Crippen molar-refractivity contribution in [3.63, 3.8) is 0 Å². The van der Waals surface area contributed by atoms with Gasteiger partial charge in [-0.2, -0.15) is 0 Å². The van der Waals surface area contributed by atoms with Crippen LogP contribution in [0.2, 0.25) is 0 Å². The van der Waals surface area contributed by atoms with Gasteiger partial charge in [0.25, 0.3) is 0 Å². The Morgan fingerprint density at radius 1 is 1.32 bits per heavy atom. The fourth-order valence-electron chi connectivity index (χ4n) is 2.45. The van der Waals surface area contributed by atoms with Crippen LogP contribution < -0.4 is 5.32 Å². The number of carbonyl (C=O) groups excluding carboxylic acids is 1. The van der Waals surface area contributed by atoms with E-state index in [0.29, 0.717) is 19.3 Å². The Morgan fingerprint density at radius 3 is 2.63 bits per heavy atom. The number of amides is 1. The molecule has 0 aromatic carbocycles. The monoisotopic (exact) mass is 262 g/mol. The molecule has 2 N–H and O–H groups in total. The lowest BCUT2D eigenvalue weighted by Gasteiger charge is -2.26. The van der Waals surface area contributed by atoms with Gasteiger partial charge in [-0.05, 0) is 37.3 Å². The summed E-state index contributed by atoms with van der Waals surface area (Å²) in [6.45, 7) is 0. The molecule has 102 valence electrons. The second-order valence-corrected chi connectivity index (χ2v) is 4.99. The molecule has 0 atom stereocenters. The molecule has 1 aromatic heterocycles. The number of carboxylic acid groups (broad SMARTS) is 1. The average molecular weight is 262 g/mol. The van der Waals surface area contributed by atoms with Gasteiger partial charge in [-0.25, -0.2) is 0 Å². The lowest BCUT2D eigenvalue weighted by molar-refractivity contribution is -0.142. The summed E-state index contributed by atoms with van der Waals surface area (Å²) in [7, 11) is 0. The van der Waals surface area contributed by atoms with Gasteiger partial charge in [0.05, 0.1) is 12.3 Å². The fourth-order valence-corrected chi connectivity index (χ4v) is 2.45. The number of nitrogens with zero attached hydrogens (tertiary/aromatic N) is 1. The van der Waals surface area contributed by atoms with Crippen LogP contribution in [0.25, 0.3) is 0 Å². The zero-order valence-electron chi connectivity index (χ0n) is 10.7. The number of aromatic nitrogens is 1. The Kier molecular flexibility index (Phi) is 4.49. The highest BCUT2D eigenvalue weighted by atomic mass is 16.4. The minimum atomic E-state index is -0.722. The fraction of sp³-hybridized carbons (Fsp3) is 0.500. The first-order chi connectivity index (χ1) is 9.15. The molecule has 0 spiro atoms. The average Bonchev–Trinajstić information content (AvgIpc) is 2.40. The van der Waals surface area contributed by atoms with Crippen molar-refractivity contribution in [1.29, 1.82) is 0 Å². The molecule has 0 unspecified atom stereocenters. The molecule has 1 aliphatic carbocycles. The van der Waals surface area contributed by atoms with Crippen LogP contribution in [0.3, 0.4) is 0 Å². The number of carboxylic acids is 1. The summed E-state index contributed by atoms with van der Waals surface area (Å²) < 4.78 is 0. The summed E-state index contributed by atoms with van der Waals surface area (Å²) in [5.41, 5.74) is 0.888. The van der Waals surface area contributed by atoms with Crippen LogP contribution in [0.1, 0.15) is 31.2 Å². The third-order valence-corrected chi connectivity index (χ3v) is 3.53. The molecule has 1 aromatic rings. The van der Waals surface area contributed by atoms with E-state index in [2.05, 4.69) is 10.3 Å². The molecule has 0 bridgehead atoms. The highest BCUT2D eigenvalue weighted by molar-refractivity contribution is 5.78. The van der Waals surface area contributed by atoms with Crippen molar-refractivity contribution in [2.75, 3.05) is 0 Å². The largest absolute Gasteiger partial charge is 0.481 e. The predicted octanol–water partition coefficient (Wildman–Crippen LogP) is 1.38. The number of nitrogens with one attached hydrogen (secondary N) is 1. The summed E-state index contributed by atoms with van der Waals surface area (Å²) in [5, 5.41) is 11.9. The van der Waals surface area contributed by atoms with Crippen molar-refractivity contribution in [3.05, 3.63) is 30.1 Å². The van der Waals surface area contributed by atoms with Gasteiger partial charge in [0.1, 0.15) is 0 Å². The Bertz CT molecular complexity index is 439. The lowest BCUT2D eigenvalue weighted by Crippen LogP contribution is -2.39. The molecule has 5 nitrogen and oxygen atoms in total. The SMILES string of the molecule is O=C(Cc1cccnc1)NC1CCC(C(=O)O)CC1. The molecular formula is C14H18N2O3. The van der Waals surface area contributed by atoms with Crippen molar-refractivity contribution < 1.29 is 14.7 Å². The van der Waals surface area contributed by atoms with Crippen LogP contribution in [0, 0.1) is 5.92 Å². The summed E-state index contributed by atoms with van der Waals surface area (Å²) in [4.78, 5) is 26.6. The van der Waals surface area contributed by atoms with Gasteiger partial charge < -0.3 is 10.4 Å². The summed E-state index contributed by atoms with van der Waals surface area (Å²) >= 11 is 0. The summed E-state index contributed by atoms with van der Waals surface area (Å²) in [6.07, 6.45) is 6.47. The van der Waals surface area contributed by atoms with E-state index < -0.39 is 5.97 Å². The van der Waals surface area contributed by atoms with Crippen LogP contribution in [-0.2, 0) is 16.0 Å². The number of hydrogen-bond donors (Lipinski definition) is 2. The van der Waals surface area contributed by atoms with Crippen molar-refractivity contribution >= 4 is 11.9 Å². The molecular weight excluding hydrogens is 244 g/mol. The first-order valence-corrected chi connectivity index (χ1v) is 6.56. The third-order valence-electron chi connectivity index (χ3n) is 3.53. The highest BCUT2D eigenvalue weighted by Gasteiger charge is 2.26. The first kappa shape index (κ1) is 13.5. The number of rotatable bonds is 4. The van der Waals surface area contributed by atoms with E-state index in [1.54, 1.807) is 18.5 Å². The van der Waals surface area contributed by atoms with Crippen molar-refractivity contribution in [2.24, 2.45) is 5.92 Å². The van der Waals surface area contributed by atoms with Gasteiger partial charge in [-0.3, -0.25) is 14.6 Å². The Hall–Kier alpha value is -1.91. The second kappa shape index (κ2) is 6.31. The standard InChI is InChI=1S/C14H18N2O3/c17-13(8-10-2-1-7-15-9-10)16-12-5-3-11(4-6-12)14(18)19/h1-2,7,9,11-12H,3-6,8H2,(H,16,17)(H,18,19). The minimum Gasteiger partial charge on any atom is -0.481 e. The smallest absolute Gasteiger partial charge is 0.306 e. The maximum Gasteiger partial charge on any atom is 0.306 e.